The first-order valence-electron chi connectivity index (χ1n) is 21.5. The number of oxime groups is 1. The number of anilines is 1. The van der Waals surface area contributed by atoms with E-state index in [2.05, 4.69) is 18.0 Å². The highest BCUT2D eigenvalue weighted by Gasteiger charge is 2.64. The maximum Gasteiger partial charge on any atom is 0.417 e. The third-order valence-electron chi connectivity index (χ3n) is 12.4. The van der Waals surface area contributed by atoms with Crippen molar-refractivity contribution in [1.29, 1.82) is 0 Å². The van der Waals surface area contributed by atoms with Crippen LogP contribution in [0.5, 0.6) is 23.0 Å². The molecule has 0 spiro atoms. The molecule has 12 heteroatoms. The summed E-state index contributed by atoms with van der Waals surface area (Å²) in [5.41, 5.74) is 4.39. The van der Waals surface area contributed by atoms with E-state index in [-0.39, 0.29) is 42.1 Å². The lowest BCUT2D eigenvalue weighted by molar-refractivity contribution is -0.223. The molecular formula is C48H60N2O9S. The molecule has 0 aromatic heterocycles. The van der Waals surface area contributed by atoms with Gasteiger partial charge in [0.2, 0.25) is 5.79 Å². The Morgan fingerprint density at radius 2 is 1.73 bits per heavy atom. The van der Waals surface area contributed by atoms with Crippen LogP contribution in [0.1, 0.15) is 87.7 Å². The van der Waals surface area contributed by atoms with Gasteiger partial charge < -0.3 is 38.7 Å². The Morgan fingerprint density at radius 1 is 0.967 bits per heavy atom. The number of amides is 1. The Kier molecular flexibility index (Phi) is 15.2. The monoisotopic (exact) mass is 840 g/mol. The number of rotatable bonds is 20. The number of nitrogens with zero attached hydrogens (tertiary/aromatic N) is 1. The fraction of sp³-hybridized carbons (Fsp3) is 0.500. The largest absolute Gasteiger partial charge is 0.497 e. The maximum absolute atomic E-state index is 13.5. The lowest BCUT2D eigenvalue weighted by atomic mass is 9.56. The number of allylic oxidation sites excluding steroid dienone is 1. The van der Waals surface area contributed by atoms with Crippen LogP contribution in [-0.4, -0.2) is 72.3 Å². The minimum Gasteiger partial charge on any atom is -0.497 e. The van der Waals surface area contributed by atoms with Crippen molar-refractivity contribution >= 4 is 29.3 Å². The van der Waals surface area contributed by atoms with Gasteiger partial charge in [-0.25, -0.2) is 4.79 Å². The van der Waals surface area contributed by atoms with E-state index in [4.69, 9.17) is 33.7 Å². The topological polar surface area (TPSA) is 137 Å². The Balaban J connectivity index is 1.33. The molecule has 4 aliphatic rings. The molecule has 0 radical (unpaired) electrons. The highest BCUT2D eigenvalue weighted by molar-refractivity contribution is 8.00. The average molecular weight is 841 g/mol. The number of hydrogen-bond donors (Lipinski definition) is 3. The molecule has 2 fully saturated rings. The van der Waals surface area contributed by atoms with Crippen LogP contribution in [-0.2, 0) is 16.2 Å². The second-order valence-electron chi connectivity index (χ2n) is 16.1. The Labute approximate surface area is 358 Å². The van der Waals surface area contributed by atoms with Gasteiger partial charge in [0.1, 0.15) is 29.6 Å². The molecule has 1 aliphatic heterocycles. The zero-order chi connectivity index (χ0) is 41.9. The van der Waals surface area contributed by atoms with E-state index in [1.807, 2.05) is 54.2 Å². The van der Waals surface area contributed by atoms with Crippen LogP contribution in [0.2, 0.25) is 0 Å². The zero-order valence-corrected chi connectivity index (χ0v) is 35.7. The first-order valence-corrected chi connectivity index (χ1v) is 22.5. The average Bonchev–Trinajstić information content (AvgIpc) is 3.79. The molecule has 0 bridgehead atoms. The number of benzene rings is 3. The second-order valence-corrected chi connectivity index (χ2v) is 17.6. The van der Waals surface area contributed by atoms with Gasteiger partial charge in [-0.3, -0.25) is 5.32 Å². The van der Waals surface area contributed by atoms with Crippen LogP contribution >= 0.6 is 11.8 Å². The molecule has 3 aliphatic carbocycles. The van der Waals surface area contributed by atoms with Crippen LogP contribution < -0.4 is 24.3 Å². The van der Waals surface area contributed by atoms with Gasteiger partial charge in [0.15, 0.2) is 0 Å². The molecule has 7 rings (SSSR count). The lowest BCUT2D eigenvalue weighted by Crippen LogP contribution is -2.64. The third-order valence-corrected chi connectivity index (χ3v) is 14.1. The fourth-order valence-corrected chi connectivity index (χ4v) is 11.4. The normalized spacial score (nSPS) is 25.0. The number of unbranched alkanes of at least 4 members (excludes halogenated alkanes) is 2. The molecule has 3 aromatic carbocycles. The molecule has 1 heterocycles. The number of fused-ring (bicyclic) bond motifs is 2. The SMILES string of the molecule is C=CCOC12Oc3ccc(OC(=O)Nc4ccc(OC)cc4OC)cc3C3C(CCCCO)C(CCCCO)C=C(C(=NOCc4ccccc4)CC1SC1CCCC1)C32. The smallest absolute Gasteiger partial charge is 0.417 e. The van der Waals surface area contributed by atoms with E-state index < -0.39 is 11.9 Å². The number of aliphatic hydroxyl groups is 2. The minimum absolute atomic E-state index is 0.109. The van der Waals surface area contributed by atoms with Crippen LogP contribution in [0, 0.1) is 17.8 Å². The lowest BCUT2D eigenvalue weighted by Gasteiger charge is -2.58. The van der Waals surface area contributed by atoms with E-state index in [1.165, 1.54) is 20.0 Å². The molecular weight excluding hydrogens is 781 g/mol. The first kappa shape index (κ1) is 43.6. The van der Waals surface area contributed by atoms with Gasteiger partial charge in [0.05, 0.1) is 43.4 Å². The highest BCUT2D eigenvalue weighted by Crippen LogP contribution is 2.63. The van der Waals surface area contributed by atoms with E-state index in [0.29, 0.717) is 66.4 Å². The summed E-state index contributed by atoms with van der Waals surface area (Å²) in [6, 6.07) is 20.9. The number of ether oxygens (including phenoxy) is 5. The molecule has 60 heavy (non-hydrogen) atoms. The summed E-state index contributed by atoms with van der Waals surface area (Å²) in [6.07, 6.45) is 13.6. The third kappa shape index (κ3) is 9.83. The summed E-state index contributed by atoms with van der Waals surface area (Å²) in [7, 11) is 3.10. The number of carbonyl (C=O) groups excluding carboxylic acids is 1. The summed E-state index contributed by atoms with van der Waals surface area (Å²) in [5, 5.41) is 28.0. The summed E-state index contributed by atoms with van der Waals surface area (Å²) < 4.78 is 31.3. The van der Waals surface area contributed by atoms with Crippen molar-refractivity contribution in [2.75, 3.05) is 39.4 Å². The van der Waals surface area contributed by atoms with Gasteiger partial charge in [-0.1, -0.05) is 73.3 Å². The van der Waals surface area contributed by atoms with E-state index in [0.717, 1.165) is 60.9 Å². The Bertz CT molecular complexity index is 1970. The standard InChI is InChI=1S/C48H60N2O9S/c1-4-26-56-48-44(60-36-17-8-9-18-36)30-41(50-57-31-32-14-6-5-7-15-32)38-27-33(16-10-12-24-51)37(19-11-13-25-52)45(46(38)48)39-28-35(21-23-42(39)59-48)58-47(53)49-40-22-20-34(54-2)29-43(40)55-3/h4-7,14-15,20-23,27-29,33,36-37,44-46,51-52H,1,8-13,16-19,24-26,30-31H2,2-3H3,(H,49,53). The summed E-state index contributed by atoms with van der Waals surface area (Å²) in [4.78, 5) is 19.7. The van der Waals surface area contributed by atoms with Gasteiger partial charge in [-0.05, 0) is 91.8 Å². The van der Waals surface area contributed by atoms with E-state index in [9.17, 15) is 15.0 Å². The Morgan fingerprint density at radius 3 is 2.47 bits per heavy atom. The van der Waals surface area contributed by atoms with E-state index >= 15 is 0 Å². The molecule has 1 amide bonds. The van der Waals surface area contributed by atoms with Gasteiger partial charge >= 0.3 is 6.09 Å². The minimum atomic E-state index is -1.06. The molecule has 11 nitrogen and oxygen atoms in total. The predicted molar refractivity (Wildman–Crippen MR) is 235 cm³/mol. The van der Waals surface area contributed by atoms with Gasteiger partial charge in [0, 0.05) is 42.4 Å². The summed E-state index contributed by atoms with van der Waals surface area (Å²) in [6.45, 7) is 4.95. The molecule has 3 aromatic rings. The summed E-state index contributed by atoms with van der Waals surface area (Å²) in [5.74, 6) is 0.888. The molecule has 3 N–H and O–H groups in total. The molecule has 322 valence electrons. The molecule has 6 unspecified atom stereocenters. The highest BCUT2D eigenvalue weighted by atomic mass is 32.2. The van der Waals surface area contributed by atoms with Crippen LogP contribution in [0.25, 0.3) is 0 Å². The van der Waals surface area contributed by atoms with Crippen LogP contribution in [0.4, 0.5) is 10.5 Å². The van der Waals surface area contributed by atoms with Crippen molar-refractivity contribution in [2.45, 2.75) is 99.4 Å². The van der Waals surface area contributed by atoms with Gasteiger partial charge in [-0.2, -0.15) is 0 Å². The number of nitrogens with one attached hydrogen (secondary N) is 1. The molecule has 2 saturated carbocycles. The van der Waals surface area contributed by atoms with Gasteiger partial charge in [0.25, 0.3) is 0 Å². The van der Waals surface area contributed by atoms with Crippen molar-refractivity contribution in [3.8, 4) is 23.0 Å². The van der Waals surface area contributed by atoms with Crippen molar-refractivity contribution in [1.82, 2.24) is 0 Å². The number of carbonyl (C=O) groups is 1. The number of aliphatic hydroxyl groups excluding tert-OH is 2. The van der Waals surface area contributed by atoms with E-state index in [1.54, 1.807) is 37.5 Å². The van der Waals surface area contributed by atoms with Crippen molar-refractivity contribution in [3.63, 3.8) is 0 Å². The van der Waals surface area contributed by atoms with Crippen molar-refractivity contribution in [3.05, 3.63) is 102 Å². The molecule has 6 atom stereocenters. The second kappa shape index (κ2) is 20.9. The first-order chi connectivity index (χ1) is 29.4. The van der Waals surface area contributed by atoms with Gasteiger partial charge in [-0.15, -0.1) is 18.3 Å². The quantitative estimate of drug-likeness (QED) is 0.0573. The predicted octanol–water partition coefficient (Wildman–Crippen LogP) is 9.82. The van der Waals surface area contributed by atoms with Crippen LogP contribution in [0.15, 0.2) is 96.2 Å². The zero-order valence-electron chi connectivity index (χ0n) is 34.9. The number of methoxy groups -OCH3 is 2. The number of hydrogen-bond acceptors (Lipinski definition) is 11. The Hall–Kier alpha value is -4.49. The summed E-state index contributed by atoms with van der Waals surface area (Å²) >= 11 is 1.96. The fourth-order valence-electron chi connectivity index (χ4n) is 9.67. The van der Waals surface area contributed by atoms with Crippen molar-refractivity contribution in [2.24, 2.45) is 22.9 Å². The molecule has 0 saturated heterocycles. The maximum atomic E-state index is 13.5. The van der Waals surface area contributed by atoms with Crippen LogP contribution in [0.3, 0.4) is 0 Å². The van der Waals surface area contributed by atoms with Crippen molar-refractivity contribution < 1.29 is 43.5 Å². The number of thioether (sulfide) groups is 1.